The van der Waals surface area contributed by atoms with Crippen LogP contribution in [0.3, 0.4) is 0 Å². The molecule has 77 heavy (non-hydrogen) atoms. The van der Waals surface area contributed by atoms with E-state index in [9.17, 15) is 28.8 Å². The Labute approximate surface area is 465 Å². The van der Waals surface area contributed by atoms with Gasteiger partial charge in [0.05, 0.1) is 0 Å². The van der Waals surface area contributed by atoms with Gasteiger partial charge in [0.2, 0.25) is 0 Å². The first-order chi connectivity index (χ1) is 36.2. The van der Waals surface area contributed by atoms with Crippen LogP contribution in [0.2, 0.25) is 35.5 Å². The second-order valence-corrected chi connectivity index (χ2v) is 36.0. The van der Waals surface area contributed by atoms with Crippen molar-refractivity contribution in [2.24, 2.45) is 0 Å². The van der Waals surface area contributed by atoms with E-state index >= 15 is 0 Å². The molecule has 0 radical (unpaired) electrons. The zero-order chi connectivity index (χ0) is 56.6. The van der Waals surface area contributed by atoms with Crippen molar-refractivity contribution in [1.29, 1.82) is 0 Å². The van der Waals surface area contributed by atoms with Crippen LogP contribution in [0.5, 0.6) is 5.75 Å². The Balaban J connectivity index is 1.45. The fourth-order valence-electron chi connectivity index (χ4n) is 8.96. The molecule has 1 aliphatic heterocycles. The van der Waals surface area contributed by atoms with Crippen molar-refractivity contribution in [3.05, 3.63) is 121 Å². The van der Waals surface area contributed by atoms with Crippen LogP contribution in [0.1, 0.15) is 93.6 Å². The van der Waals surface area contributed by atoms with E-state index in [-0.39, 0.29) is 46.1 Å². The molecule has 5 amide bonds. The molecule has 7 atom stereocenters. The van der Waals surface area contributed by atoms with Gasteiger partial charge in [-0.1, -0.05) is 113 Å². The molecule has 1 aliphatic rings. The number of rotatable bonds is 18. The van der Waals surface area contributed by atoms with Gasteiger partial charge in [-0.3, -0.25) is 0 Å². The van der Waals surface area contributed by atoms with Crippen molar-refractivity contribution < 1.29 is 47.4 Å². The van der Waals surface area contributed by atoms with E-state index in [1.54, 1.807) is 27.7 Å². The second-order valence-electron chi connectivity index (χ2n) is 23.2. The second kappa shape index (κ2) is 28.2. The molecule has 0 saturated carbocycles. The summed E-state index contributed by atoms with van der Waals surface area (Å²) in [4.78, 5) is 83.3. The van der Waals surface area contributed by atoms with Crippen LogP contribution in [0.15, 0.2) is 115 Å². The predicted molar refractivity (Wildman–Crippen MR) is 309 cm³/mol. The third-order valence-corrected chi connectivity index (χ3v) is 22.4. The van der Waals surface area contributed by atoms with Crippen LogP contribution in [0.25, 0.3) is 0 Å². The first-order valence-corrected chi connectivity index (χ1v) is 34.3. The van der Waals surface area contributed by atoms with Gasteiger partial charge in [-0.2, -0.15) is 0 Å². The fourth-order valence-corrected chi connectivity index (χ4v) is 16.3. The third-order valence-electron chi connectivity index (χ3n) is 13.2. The Bertz CT molecular complexity index is 2520. The summed E-state index contributed by atoms with van der Waals surface area (Å²) in [6.45, 7) is 23.5. The zero-order valence-electron chi connectivity index (χ0n) is 47.2. The van der Waals surface area contributed by atoms with Crippen molar-refractivity contribution in [2.45, 2.75) is 172 Å². The Morgan fingerprint density at radius 2 is 1.31 bits per heavy atom. The van der Waals surface area contributed by atoms with E-state index in [1.807, 2.05) is 61.5 Å². The average Bonchev–Trinajstić information content (AvgIpc) is 3.37. The molecular formula is C59H83N5O10SeSi2. The quantitative estimate of drug-likeness (QED) is 0.0527. The van der Waals surface area contributed by atoms with Crippen LogP contribution >= 0.6 is 0 Å². The molecule has 0 aliphatic carbocycles. The van der Waals surface area contributed by atoms with Crippen LogP contribution < -0.4 is 45.8 Å². The molecule has 1 saturated heterocycles. The van der Waals surface area contributed by atoms with Crippen molar-refractivity contribution in [3.8, 4) is 5.75 Å². The van der Waals surface area contributed by atoms with Gasteiger partial charge in [0.15, 0.2) is 0 Å². The molecule has 1 heterocycles. The van der Waals surface area contributed by atoms with E-state index in [2.05, 4.69) is 128 Å². The summed E-state index contributed by atoms with van der Waals surface area (Å²) in [5, 5.41) is 16.3. The molecule has 5 rings (SSSR count). The minimum atomic E-state index is -2.88. The molecule has 0 bridgehead atoms. The molecule has 418 valence electrons. The summed E-state index contributed by atoms with van der Waals surface area (Å²) in [5.74, 6) is -2.32. The summed E-state index contributed by atoms with van der Waals surface area (Å²) in [6.07, 6.45) is -0.484. The van der Waals surface area contributed by atoms with Gasteiger partial charge in [0, 0.05) is 0 Å². The van der Waals surface area contributed by atoms with Gasteiger partial charge >= 0.3 is 296 Å². The number of benzene rings is 4. The van der Waals surface area contributed by atoms with Gasteiger partial charge in [-0.15, -0.1) is 0 Å². The summed E-state index contributed by atoms with van der Waals surface area (Å²) in [5.41, 5.74) is 0.148. The van der Waals surface area contributed by atoms with Gasteiger partial charge in [0.25, 0.3) is 0 Å². The maximum absolute atomic E-state index is 14.7. The molecule has 4 aromatic rings. The van der Waals surface area contributed by atoms with E-state index in [0.29, 0.717) is 19.3 Å². The Morgan fingerprint density at radius 1 is 0.727 bits per heavy atom. The topological polar surface area (TPSA) is 199 Å². The number of nitrogens with one attached hydrogen (secondary N) is 5. The molecule has 18 heteroatoms. The Kier molecular flexibility index (Phi) is 22.7. The number of hydrogen-bond acceptors (Lipinski definition) is 10. The monoisotopic (exact) mass is 1160 g/mol. The summed E-state index contributed by atoms with van der Waals surface area (Å²) in [7, 11) is -4.39. The van der Waals surface area contributed by atoms with E-state index in [4.69, 9.17) is 18.6 Å². The third kappa shape index (κ3) is 19.3. The minimum absolute atomic E-state index is 0.0805. The molecule has 3 unspecified atom stereocenters. The van der Waals surface area contributed by atoms with Crippen molar-refractivity contribution >= 4 is 81.9 Å². The molecule has 4 aromatic carbocycles. The van der Waals surface area contributed by atoms with Gasteiger partial charge in [-0.05, 0) is 48.3 Å². The molecule has 1 fully saturated rings. The van der Waals surface area contributed by atoms with Crippen LogP contribution in [0, 0.1) is 0 Å². The number of amides is 5. The molecule has 0 spiro atoms. The number of esters is 1. The van der Waals surface area contributed by atoms with Crippen LogP contribution in [-0.2, 0) is 44.6 Å². The molecule has 5 N–H and O–H groups in total. The fraction of sp³-hybridized carbons (Fsp3) is 0.492. The summed E-state index contributed by atoms with van der Waals surface area (Å²) >= 11 is -0.335. The normalized spacial score (nSPS) is 20.8. The van der Waals surface area contributed by atoms with E-state index in [0.717, 1.165) is 21.8 Å². The molecule has 15 nitrogen and oxygen atoms in total. The number of alkyl carbamates (subject to hydrolysis) is 1. The number of ether oxygens (including phenoxy) is 3. The summed E-state index contributed by atoms with van der Waals surface area (Å²) in [6, 6.07) is 33.9. The number of aryl methyl sites for hydroxylation is 1. The van der Waals surface area contributed by atoms with Crippen LogP contribution in [-0.4, -0.2) is 122 Å². The number of carbonyl (C=O) groups is 6. The van der Waals surface area contributed by atoms with Gasteiger partial charge < -0.3 is 4.43 Å². The maximum atomic E-state index is 14.7. The summed E-state index contributed by atoms with van der Waals surface area (Å²) < 4.78 is 25.7. The Morgan fingerprint density at radius 3 is 1.87 bits per heavy atom. The number of hydrogen-bond donors (Lipinski definition) is 5. The van der Waals surface area contributed by atoms with Crippen molar-refractivity contribution in [1.82, 2.24) is 26.6 Å². The van der Waals surface area contributed by atoms with Crippen molar-refractivity contribution in [3.63, 3.8) is 0 Å². The Hall–Kier alpha value is -5.79. The zero-order valence-corrected chi connectivity index (χ0v) is 50.9. The van der Waals surface area contributed by atoms with E-state index in [1.165, 1.54) is 17.3 Å². The SMILES string of the molecule is C[C@@H]1NC(=O)C(NC(=O)OC(C)(C)C)[C@@H](C)OCC(CCCc2ccc(O[Si](c3ccccc3)(c3ccccc3)C(C)(C)C)cc2)NC(=O)C(CCC(=O)OCC[Si](C)(C)C)NC(=O)[C@H]([C@H](C)[Se]c2ccccc2)NC1=O. The van der Waals surface area contributed by atoms with Crippen LogP contribution in [0.4, 0.5) is 4.79 Å². The van der Waals surface area contributed by atoms with Crippen molar-refractivity contribution in [2.75, 3.05) is 13.2 Å². The van der Waals surface area contributed by atoms with E-state index < -0.39 is 98.8 Å². The number of carbonyl (C=O) groups excluding carboxylic acids is 6. The predicted octanol–water partition coefficient (Wildman–Crippen LogP) is 6.72. The first kappa shape index (κ1) is 62.1. The first-order valence-electron chi connectivity index (χ1n) is 26.8. The van der Waals surface area contributed by atoms with Gasteiger partial charge in [0.1, 0.15) is 5.75 Å². The average molecular weight is 1160 g/mol. The standard InChI is InChI=1S/C59H83N5O10SeSi2/c1-40-53(66)63-52(42(3)75-46-25-16-13-17-26-46)56(69)62-49(35-36-50(65)71-37-38-76(10,11)12)54(67)61-44(39-72-41(2)51(55(68)60-40)64-57(70)73-58(4,5)6)24-22-23-43-31-33-45(34-32-43)74-77(59(7,8)9,47-27-18-14-19-28-47)48-29-20-15-21-30-48/h13-21,25-34,40-42,44,49,51-52H,22-24,35-39H2,1-12H3,(H,60,68)(H,61,67)(H,62,69)(H,63,66)(H,64,70)/t40-,41+,42-,44?,49?,51?,52-/m0/s1. The molecule has 0 aromatic heterocycles. The van der Waals surface area contributed by atoms with Gasteiger partial charge in [-0.25, -0.2) is 0 Å². The molecular weight excluding hydrogens is 1070 g/mol.